The normalized spacial score (nSPS) is 21.4. The van der Waals surface area contributed by atoms with Crippen LogP contribution in [-0.4, -0.2) is 93.1 Å². The number of carbonyl (C=O) groups excluding carboxylic acids is 3. The number of ether oxygens (including phenoxy) is 4. The van der Waals surface area contributed by atoms with Crippen LogP contribution in [0.2, 0.25) is 10.0 Å². The summed E-state index contributed by atoms with van der Waals surface area (Å²) < 4.78 is 52.6. The Morgan fingerprint density at radius 1 is 0.897 bits per heavy atom. The van der Waals surface area contributed by atoms with Gasteiger partial charge in [-0.15, -0.1) is 11.8 Å². The van der Waals surface area contributed by atoms with Crippen molar-refractivity contribution in [2.45, 2.75) is 47.8 Å². The molecule has 0 aliphatic carbocycles. The zero-order chi connectivity index (χ0) is 41.0. The summed E-state index contributed by atoms with van der Waals surface area (Å²) in [5.41, 5.74) is 1.58. The molecule has 3 aromatic carbocycles. The lowest BCUT2D eigenvalue weighted by molar-refractivity contribution is -0.377. The number of sulfonamides is 1. The predicted molar refractivity (Wildman–Crippen MR) is 217 cm³/mol. The van der Waals surface area contributed by atoms with Crippen molar-refractivity contribution in [1.82, 2.24) is 14.5 Å². The molecule has 8 rings (SSSR count). The first-order valence-electron chi connectivity index (χ1n) is 18.8. The molecule has 4 aliphatic heterocycles. The number of nitrogens with one attached hydrogen (secondary N) is 2. The molecule has 2 N–H and O–H groups in total. The average Bonchev–Trinajstić information content (AvgIpc) is 3.76. The van der Waals surface area contributed by atoms with Gasteiger partial charge in [-0.25, -0.2) is 23.0 Å². The van der Waals surface area contributed by atoms with Gasteiger partial charge in [-0.3, -0.25) is 9.69 Å². The van der Waals surface area contributed by atoms with Gasteiger partial charge in [0.05, 0.1) is 19.1 Å². The van der Waals surface area contributed by atoms with Crippen molar-refractivity contribution >= 4 is 62.8 Å². The van der Waals surface area contributed by atoms with E-state index in [1.807, 2.05) is 0 Å². The number of aromatic nitrogens is 1. The molecular formula is C41H43Cl2N4O9S2+. The summed E-state index contributed by atoms with van der Waals surface area (Å²) in [6.07, 6.45) is 3.83. The van der Waals surface area contributed by atoms with Crippen LogP contribution < -0.4 is 19.8 Å². The molecule has 1 unspecified atom stereocenters. The fraction of sp³-hybridized carbons (Fsp3) is 0.366. The Balaban J connectivity index is 1.10. The van der Waals surface area contributed by atoms with Crippen molar-refractivity contribution in [3.8, 4) is 11.5 Å². The Bertz CT molecular complexity index is 2240. The lowest BCUT2D eigenvalue weighted by Crippen LogP contribution is -2.52. The van der Waals surface area contributed by atoms with Gasteiger partial charge >= 0.3 is 11.9 Å². The zero-order valence-corrected chi connectivity index (χ0v) is 34.9. The third-order valence-electron chi connectivity index (χ3n) is 10.7. The van der Waals surface area contributed by atoms with E-state index in [0.29, 0.717) is 50.5 Å². The number of esters is 2. The largest absolute Gasteiger partial charge is 0.493 e. The fourth-order valence-corrected chi connectivity index (χ4v) is 11.2. The fourth-order valence-electron chi connectivity index (χ4n) is 7.56. The lowest BCUT2D eigenvalue weighted by Gasteiger charge is -2.44. The van der Waals surface area contributed by atoms with Crippen LogP contribution >= 0.6 is 35.0 Å². The van der Waals surface area contributed by atoms with Gasteiger partial charge in [0.15, 0.2) is 35.3 Å². The van der Waals surface area contributed by atoms with Crippen LogP contribution in [-0.2, 0) is 35.5 Å². The van der Waals surface area contributed by atoms with Gasteiger partial charge in [0.2, 0.25) is 10.0 Å². The summed E-state index contributed by atoms with van der Waals surface area (Å²) in [6.45, 7) is 2.62. The molecule has 0 radical (unpaired) electrons. The van der Waals surface area contributed by atoms with E-state index in [4.69, 9.17) is 42.1 Å². The smallest absolute Gasteiger partial charge is 0.335 e. The van der Waals surface area contributed by atoms with Gasteiger partial charge in [-0.1, -0.05) is 65.7 Å². The highest BCUT2D eigenvalue weighted by Crippen LogP contribution is 2.38. The summed E-state index contributed by atoms with van der Waals surface area (Å²) >= 11 is 14.1. The standard InChI is InChI=1S/C41H42Cl2N4O9S2/c1-53-33-12-11-27(20-35(33)54-2)34(21-30-31(42)22-44-23-32(30)43)55-41(50)39-47(17-18-57-39)58(51,52)29-10-6-9-28(19-29)38(48)45-37(26-7-4-3-5-8-26)40(49)56-36-24-46-15-13-25(36)14-16-46/h3-12,19-20,22-23,25,34,36-37,39H,13-18,21,24H2,1-2H3,(H,45,48)/p+1/t34-,36-,37?,39-/m0/s1. The average molecular weight is 871 g/mol. The zero-order valence-electron chi connectivity index (χ0n) is 31.8. The van der Waals surface area contributed by atoms with Crippen LogP contribution in [0, 0.1) is 5.92 Å². The number of rotatable bonds is 14. The maximum absolute atomic E-state index is 14.3. The third-order valence-corrected chi connectivity index (χ3v) is 14.5. The number of methoxy groups -OCH3 is 2. The maximum Gasteiger partial charge on any atom is 0.335 e. The number of fused-ring (bicyclic) bond motifs is 3. The minimum Gasteiger partial charge on any atom is -0.493 e. The predicted octanol–water partition coefficient (Wildman–Crippen LogP) is 5.52. The van der Waals surface area contributed by atoms with E-state index in [9.17, 15) is 22.8 Å². The topological polar surface area (TPSA) is 155 Å². The van der Waals surface area contributed by atoms with Crippen molar-refractivity contribution < 1.29 is 46.7 Å². The number of thioether (sulfide) groups is 1. The number of pyridine rings is 1. The Morgan fingerprint density at radius 2 is 1.62 bits per heavy atom. The second-order valence-corrected chi connectivity index (χ2v) is 18.1. The van der Waals surface area contributed by atoms with Crippen molar-refractivity contribution in [3.63, 3.8) is 0 Å². The number of H-pyrrole nitrogens is 1. The molecule has 4 aromatic rings. The first-order chi connectivity index (χ1) is 28.0. The van der Waals surface area contributed by atoms with Crippen LogP contribution in [0.1, 0.15) is 52.0 Å². The number of hydrogen-bond donors (Lipinski definition) is 1. The summed E-state index contributed by atoms with van der Waals surface area (Å²) in [4.78, 5) is 46.5. The highest BCUT2D eigenvalue weighted by atomic mass is 35.5. The van der Waals surface area contributed by atoms with E-state index in [-0.39, 0.29) is 35.4 Å². The van der Waals surface area contributed by atoms with Gasteiger partial charge in [-0.05, 0) is 73.3 Å². The molecule has 1 aromatic heterocycles. The number of amides is 1. The Morgan fingerprint density at radius 3 is 2.29 bits per heavy atom. The van der Waals surface area contributed by atoms with Crippen LogP contribution in [0.3, 0.4) is 0 Å². The first-order valence-corrected chi connectivity index (χ1v) is 22.0. The van der Waals surface area contributed by atoms with E-state index in [0.717, 1.165) is 42.0 Å². The van der Waals surface area contributed by atoms with E-state index in [1.54, 1.807) is 60.9 Å². The van der Waals surface area contributed by atoms with Crippen molar-refractivity contribution in [3.05, 3.63) is 117 Å². The Hall–Kier alpha value is -4.38. The van der Waals surface area contributed by atoms with Gasteiger partial charge in [0.25, 0.3) is 5.91 Å². The van der Waals surface area contributed by atoms with Gasteiger partial charge < -0.3 is 24.3 Å². The monoisotopic (exact) mass is 869 g/mol. The highest BCUT2D eigenvalue weighted by Gasteiger charge is 2.43. The minimum atomic E-state index is -4.35. The maximum atomic E-state index is 14.3. The van der Waals surface area contributed by atoms with Crippen LogP contribution in [0.5, 0.6) is 11.5 Å². The molecule has 1 amide bonds. The van der Waals surface area contributed by atoms with Gasteiger partial charge in [0.1, 0.15) is 22.3 Å². The number of halogens is 2. The van der Waals surface area contributed by atoms with Gasteiger partial charge in [-0.2, -0.15) is 4.31 Å². The van der Waals surface area contributed by atoms with Gasteiger partial charge in [0, 0.05) is 36.4 Å². The SMILES string of the molecule is COc1ccc([C@H](Cc2c(Cl)c[nH+]cc2Cl)OC(=O)[C@@H]2SCCN2S(=O)(=O)c2cccc(C(=O)NC(C(=O)O[C@H]3CN4CCC3CC4)c3ccccc3)c2)cc1OC. The van der Waals surface area contributed by atoms with E-state index < -0.39 is 45.4 Å². The molecule has 4 saturated heterocycles. The molecule has 58 heavy (non-hydrogen) atoms. The quantitative estimate of drug-likeness (QED) is 0.159. The van der Waals surface area contributed by atoms with Crippen molar-refractivity contribution in [1.29, 1.82) is 0 Å². The molecule has 0 spiro atoms. The Labute approximate surface area is 351 Å². The summed E-state index contributed by atoms with van der Waals surface area (Å²) in [6, 6.07) is 18.2. The number of benzene rings is 3. The molecule has 13 nitrogen and oxygen atoms in total. The van der Waals surface area contributed by atoms with E-state index >= 15 is 0 Å². The second-order valence-electron chi connectivity index (χ2n) is 14.2. The molecule has 5 heterocycles. The lowest BCUT2D eigenvalue weighted by atomic mass is 9.86. The van der Waals surface area contributed by atoms with E-state index in [2.05, 4.69) is 15.2 Å². The van der Waals surface area contributed by atoms with Crippen molar-refractivity contribution in [2.75, 3.05) is 46.2 Å². The number of piperidine rings is 3. The number of nitrogens with zero attached hydrogens (tertiary/aromatic N) is 2. The molecule has 4 atom stereocenters. The molecule has 17 heteroatoms. The van der Waals surface area contributed by atoms with Crippen LogP contribution in [0.15, 0.2) is 90.1 Å². The van der Waals surface area contributed by atoms with Crippen LogP contribution in [0.4, 0.5) is 0 Å². The second kappa shape index (κ2) is 18.3. The molecule has 4 fully saturated rings. The summed E-state index contributed by atoms with van der Waals surface area (Å²) in [7, 11) is -1.37. The Kier molecular flexibility index (Phi) is 13.2. The summed E-state index contributed by atoms with van der Waals surface area (Å²) in [5.74, 6) is -0.625. The number of carbonyl (C=O) groups is 3. The number of hydrogen-bond acceptors (Lipinski definition) is 11. The molecular weight excluding hydrogens is 828 g/mol. The molecule has 4 aliphatic rings. The molecule has 0 saturated carbocycles. The molecule has 2 bridgehead atoms. The van der Waals surface area contributed by atoms with Crippen molar-refractivity contribution in [2.24, 2.45) is 5.92 Å². The first kappa shape index (κ1) is 41.8. The minimum absolute atomic E-state index is 0.00555. The third kappa shape index (κ3) is 9.09. The highest BCUT2D eigenvalue weighted by molar-refractivity contribution is 8.02. The summed E-state index contributed by atoms with van der Waals surface area (Å²) in [5, 5.41) is 2.18. The molecule has 306 valence electrons. The van der Waals surface area contributed by atoms with Crippen LogP contribution in [0.25, 0.3) is 0 Å². The number of aromatic amines is 1. The van der Waals surface area contributed by atoms with E-state index in [1.165, 1.54) is 38.5 Å².